The Hall–Kier alpha value is -1.88. The number of fused-ring (bicyclic) bond motifs is 1. The second-order valence-corrected chi connectivity index (χ2v) is 4.61. The van der Waals surface area contributed by atoms with E-state index in [4.69, 9.17) is 9.47 Å². The lowest BCUT2D eigenvalue weighted by atomic mass is 10.0. The number of rotatable bonds is 5. The monoisotopic (exact) mass is 263 g/mol. The van der Waals surface area contributed by atoms with Crippen molar-refractivity contribution in [3.63, 3.8) is 0 Å². The number of methoxy groups -OCH3 is 1. The van der Waals surface area contributed by atoms with Crippen LogP contribution in [0.2, 0.25) is 0 Å². The fourth-order valence-corrected chi connectivity index (χ4v) is 2.17. The van der Waals surface area contributed by atoms with Crippen LogP contribution < -0.4 is 5.32 Å². The van der Waals surface area contributed by atoms with Crippen molar-refractivity contribution in [2.24, 2.45) is 0 Å². The van der Waals surface area contributed by atoms with Gasteiger partial charge in [-0.05, 0) is 13.0 Å². The number of benzene rings is 1. The van der Waals surface area contributed by atoms with E-state index in [2.05, 4.69) is 5.32 Å². The van der Waals surface area contributed by atoms with Gasteiger partial charge in [0.15, 0.2) is 0 Å². The van der Waals surface area contributed by atoms with Gasteiger partial charge in [-0.3, -0.25) is 4.79 Å². The summed E-state index contributed by atoms with van der Waals surface area (Å²) >= 11 is 0. The van der Waals surface area contributed by atoms with Crippen molar-refractivity contribution in [2.75, 3.05) is 13.7 Å². The highest BCUT2D eigenvalue weighted by atomic mass is 16.5. The molecule has 1 N–H and O–H groups in total. The number of cyclic esters (lactones) is 1. The number of carbonyl (C=O) groups excluding carboxylic acids is 2. The van der Waals surface area contributed by atoms with E-state index in [1.807, 2.05) is 19.1 Å². The highest BCUT2D eigenvalue weighted by Gasteiger charge is 2.32. The predicted molar refractivity (Wildman–Crippen MR) is 68.7 cm³/mol. The van der Waals surface area contributed by atoms with Gasteiger partial charge in [-0.1, -0.05) is 18.2 Å². The molecule has 1 aromatic rings. The SMILES string of the molecule is COC[C@@H](C)NC(=O)C[C@@H]1OC(=O)c2ccccc21. The molecule has 1 aliphatic rings. The highest BCUT2D eigenvalue weighted by molar-refractivity contribution is 5.94. The number of amides is 1. The van der Waals surface area contributed by atoms with E-state index in [0.717, 1.165) is 5.56 Å². The summed E-state index contributed by atoms with van der Waals surface area (Å²) in [5, 5.41) is 2.80. The third-order valence-corrected chi connectivity index (χ3v) is 2.97. The van der Waals surface area contributed by atoms with E-state index in [1.165, 1.54) is 0 Å². The van der Waals surface area contributed by atoms with E-state index >= 15 is 0 Å². The van der Waals surface area contributed by atoms with Gasteiger partial charge in [0.25, 0.3) is 0 Å². The second-order valence-electron chi connectivity index (χ2n) is 4.61. The third kappa shape index (κ3) is 3.12. The van der Waals surface area contributed by atoms with Crippen molar-refractivity contribution in [3.8, 4) is 0 Å². The van der Waals surface area contributed by atoms with Crippen LogP contribution in [0.25, 0.3) is 0 Å². The third-order valence-electron chi connectivity index (χ3n) is 2.97. The quantitative estimate of drug-likeness (QED) is 0.816. The summed E-state index contributed by atoms with van der Waals surface area (Å²) in [6.45, 7) is 2.31. The molecule has 0 saturated heterocycles. The molecule has 0 aliphatic carbocycles. The normalized spacial score (nSPS) is 18.6. The Kier molecular flexibility index (Phi) is 4.16. The molecule has 0 fully saturated rings. The molecule has 0 aromatic heterocycles. The maximum atomic E-state index is 11.8. The smallest absolute Gasteiger partial charge is 0.339 e. The fourth-order valence-electron chi connectivity index (χ4n) is 2.17. The maximum Gasteiger partial charge on any atom is 0.339 e. The first kappa shape index (κ1) is 13.5. The molecule has 19 heavy (non-hydrogen) atoms. The van der Waals surface area contributed by atoms with Gasteiger partial charge in [0.05, 0.1) is 18.6 Å². The molecule has 0 spiro atoms. The zero-order chi connectivity index (χ0) is 13.8. The summed E-state index contributed by atoms with van der Waals surface area (Å²) in [4.78, 5) is 23.5. The van der Waals surface area contributed by atoms with Crippen LogP contribution in [0.15, 0.2) is 24.3 Å². The van der Waals surface area contributed by atoms with Crippen LogP contribution in [-0.4, -0.2) is 31.6 Å². The standard InChI is InChI=1S/C14H17NO4/c1-9(8-18-2)15-13(16)7-12-10-5-3-4-6-11(10)14(17)19-12/h3-6,9,12H,7-8H2,1-2H3,(H,15,16)/t9-,12+/m1/s1. The molecule has 2 rings (SSSR count). The molecule has 1 aliphatic heterocycles. The molecule has 0 saturated carbocycles. The number of ether oxygens (including phenoxy) is 2. The van der Waals surface area contributed by atoms with Gasteiger partial charge in [0.2, 0.25) is 5.91 Å². The van der Waals surface area contributed by atoms with Gasteiger partial charge in [0, 0.05) is 18.7 Å². The first-order valence-corrected chi connectivity index (χ1v) is 6.20. The van der Waals surface area contributed by atoms with Crippen molar-refractivity contribution in [1.82, 2.24) is 5.32 Å². The zero-order valence-corrected chi connectivity index (χ0v) is 11.0. The molecule has 5 nitrogen and oxygen atoms in total. The van der Waals surface area contributed by atoms with Gasteiger partial charge >= 0.3 is 5.97 Å². The maximum absolute atomic E-state index is 11.8. The van der Waals surface area contributed by atoms with Crippen LogP contribution >= 0.6 is 0 Å². The van der Waals surface area contributed by atoms with Crippen molar-refractivity contribution in [3.05, 3.63) is 35.4 Å². The minimum absolute atomic E-state index is 0.0650. The van der Waals surface area contributed by atoms with Crippen LogP contribution in [0.4, 0.5) is 0 Å². The highest BCUT2D eigenvalue weighted by Crippen LogP contribution is 2.32. The number of hydrogen-bond acceptors (Lipinski definition) is 4. The number of hydrogen-bond donors (Lipinski definition) is 1. The minimum Gasteiger partial charge on any atom is -0.453 e. The molecule has 1 heterocycles. The molecule has 0 unspecified atom stereocenters. The molecule has 1 amide bonds. The van der Waals surface area contributed by atoms with E-state index in [0.29, 0.717) is 12.2 Å². The fraction of sp³-hybridized carbons (Fsp3) is 0.429. The predicted octanol–water partition coefficient (Wildman–Crippen LogP) is 1.44. The Morgan fingerprint density at radius 3 is 2.95 bits per heavy atom. The zero-order valence-electron chi connectivity index (χ0n) is 11.0. The largest absolute Gasteiger partial charge is 0.453 e. The van der Waals surface area contributed by atoms with Crippen LogP contribution in [-0.2, 0) is 14.3 Å². The first-order valence-electron chi connectivity index (χ1n) is 6.20. The second kappa shape index (κ2) is 5.84. The van der Waals surface area contributed by atoms with Crippen LogP contribution in [0.3, 0.4) is 0 Å². The van der Waals surface area contributed by atoms with Crippen molar-refractivity contribution in [1.29, 1.82) is 0 Å². The van der Waals surface area contributed by atoms with Crippen molar-refractivity contribution < 1.29 is 19.1 Å². The van der Waals surface area contributed by atoms with E-state index in [9.17, 15) is 9.59 Å². The van der Waals surface area contributed by atoms with Gasteiger partial charge < -0.3 is 14.8 Å². The summed E-state index contributed by atoms with van der Waals surface area (Å²) < 4.78 is 10.2. The Morgan fingerprint density at radius 1 is 1.47 bits per heavy atom. The van der Waals surface area contributed by atoms with E-state index in [1.54, 1.807) is 19.2 Å². The van der Waals surface area contributed by atoms with Crippen LogP contribution in [0, 0.1) is 0 Å². The molecule has 1 aromatic carbocycles. The Morgan fingerprint density at radius 2 is 2.21 bits per heavy atom. The molecule has 0 radical (unpaired) electrons. The Labute approximate surface area is 111 Å². The molecule has 102 valence electrons. The number of esters is 1. The van der Waals surface area contributed by atoms with E-state index < -0.39 is 6.10 Å². The number of carbonyl (C=O) groups is 2. The summed E-state index contributed by atoms with van der Waals surface area (Å²) in [6, 6.07) is 7.08. The average Bonchev–Trinajstić information content (AvgIpc) is 2.67. The van der Waals surface area contributed by atoms with Gasteiger partial charge in [-0.2, -0.15) is 0 Å². The lowest BCUT2D eigenvalue weighted by molar-refractivity contribution is -0.123. The van der Waals surface area contributed by atoms with Gasteiger partial charge in [0.1, 0.15) is 6.10 Å². The Bertz CT molecular complexity index is 486. The summed E-state index contributed by atoms with van der Waals surface area (Å²) in [5.41, 5.74) is 1.33. The lowest BCUT2D eigenvalue weighted by Crippen LogP contribution is -2.36. The lowest BCUT2D eigenvalue weighted by Gasteiger charge is -2.15. The molecule has 5 heteroatoms. The van der Waals surface area contributed by atoms with Gasteiger partial charge in [-0.15, -0.1) is 0 Å². The molecule has 0 bridgehead atoms. The van der Waals surface area contributed by atoms with Gasteiger partial charge in [-0.25, -0.2) is 4.79 Å². The van der Waals surface area contributed by atoms with Crippen LogP contribution in [0.5, 0.6) is 0 Å². The first-order chi connectivity index (χ1) is 9.11. The molecule has 2 atom stereocenters. The summed E-state index contributed by atoms with van der Waals surface area (Å²) in [6.07, 6.45) is -0.352. The average molecular weight is 263 g/mol. The molecular formula is C14H17NO4. The number of nitrogens with one attached hydrogen (secondary N) is 1. The van der Waals surface area contributed by atoms with Crippen molar-refractivity contribution >= 4 is 11.9 Å². The Balaban J connectivity index is 1.98. The van der Waals surface area contributed by atoms with Crippen molar-refractivity contribution in [2.45, 2.75) is 25.5 Å². The minimum atomic E-state index is -0.488. The summed E-state index contributed by atoms with van der Waals surface area (Å²) in [5.74, 6) is -0.516. The molecular weight excluding hydrogens is 246 g/mol. The topological polar surface area (TPSA) is 64.6 Å². The van der Waals surface area contributed by atoms with Crippen LogP contribution in [0.1, 0.15) is 35.4 Å². The van der Waals surface area contributed by atoms with E-state index in [-0.39, 0.29) is 24.3 Å². The summed E-state index contributed by atoms with van der Waals surface area (Å²) in [7, 11) is 1.58.